The number of aliphatic hydroxyl groups excluding tert-OH is 1. The fourth-order valence-corrected chi connectivity index (χ4v) is 4.37. The number of esters is 2. The van der Waals surface area contributed by atoms with E-state index < -0.39 is 54.1 Å². The molecular weight excluding hydrogens is 478 g/mol. The monoisotopic (exact) mass is 525 g/mol. The van der Waals surface area contributed by atoms with E-state index in [1.54, 1.807) is 13.8 Å². The molecule has 0 radical (unpaired) electrons. The maximum atomic E-state index is 13.3. The number of carboxylic acids is 1. The van der Waals surface area contributed by atoms with E-state index in [0.29, 0.717) is 25.8 Å². The Hall–Kier alpha value is -2.42. The van der Waals surface area contributed by atoms with Crippen molar-refractivity contribution in [1.82, 2.24) is 4.90 Å². The van der Waals surface area contributed by atoms with Gasteiger partial charge in [-0.25, -0.2) is 14.4 Å². The van der Waals surface area contributed by atoms with Gasteiger partial charge in [0.05, 0.1) is 12.0 Å². The van der Waals surface area contributed by atoms with Crippen LogP contribution in [0.1, 0.15) is 99.3 Å². The zero-order chi connectivity index (χ0) is 28.1. The topological polar surface area (TPSA) is 130 Å². The summed E-state index contributed by atoms with van der Waals surface area (Å²) in [5, 5.41) is 19.8. The Bertz CT molecular complexity index is 795. The predicted octanol–water partition coefficient (Wildman–Crippen LogP) is 4.26. The third-order valence-corrected chi connectivity index (χ3v) is 7.19. The lowest BCUT2D eigenvalue weighted by atomic mass is 9.95. The van der Waals surface area contributed by atoms with Crippen molar-refractivity contribution in [2.45, 2.75) is 124 Å². The number of likely N-dealkylation sites (tertiary alicyclic amines) is 1. The number of ether oxygens (including phenoxy) is 2. The summed E-state index contributed by atoms with van der Waals surface area (Å²) in [5.41, 5.74) is 0.738. The summed E-state index contributed by atoms with van der Waals surface area (Å²) in [5.74, 6) is -4.44. The van der Waals surface area contributed by atoms with Crippen LogP contribution in [0.15, 0.2) is 11.6 Å². The van der Waals surface area contributed by atoms with Crippen molar-refractivity contribution in [2.75, 3.05) is 6.54 Å². The quantitative estimate of drug-likeness (QED) is 0.174. The fourth-order valence-electron chi connectivity index (χ4n) is 4.37. The highest BCUT2D eigenvalue weighted by atomic mass is 16.6. The number of amides is 1. The maximum absolute atomic E-state index is 13.3. The molecule has 9 nitrogen and oxygen atoms in total. The number of unbranched alkanes of at least 4 members (excludes halogenated alkanes) is 5. The summed E-state index contributed by atoms with van der Waals surface area (Å²) in [6, 6.07) is -0.874. The molecule has 0 aromatic rings. The highest BCUT2D eigenvalue weighted by Crippen LogP contribution is 2.26. The third kappa shape index (κ3) is 10.1. The van der Waals surface area contributed by atoms with Crippen LogP contribution in [0, 0.1) is 11.8 Å². The van der Waals surface area contributed by atoms with Gasteiger partial charge in [-0.2, -0.15) is 0 Å². The maximum Gasteiger partial charge on any atom is 0.348 e. The van der Waals surface area contributed by atoms with Gasteiger partial charge in [-0.05, 0) is 51.5 Å². The van der Waals surface area contributed by atoms with Gasteiger partial charge in [-0.3, -0.25) is 4.79 Å². The van der Waals surface area contributed by atoms with Crippen LogP contribution < -0.4 is 0 Å². The van der Waals surface area contributed by atoms with Gasteiger partial charge in [0.2, 0.25) is 12.0 Å². The molecule has 1 rings (SSSR count). The van der Waals surface area contributed by atoms with E-state index in [0.717, 1.165) is 24.8 Å². The molecule has 37 heavy (non-hydrogen) atoms. The second-order valence-corrected chi connectivity index (χ2v) is 10.2. The van der Waals surface area contributed by atoms with Gasteiger partial charge in [-0.15, -0.1) is 0 Å². The molecular formula is C28H47NO8. The van der Waals surface area contributed by atoms with Crippen molar-refractivity contribution in [3.63, 3.8) is 0 Å². The number of carboxylic acid groups (broad SMARTS) is 1. The molecule has 1 saturated heterocycles. The second-order valence-electron chi connectivity index (χ2n) is 10.2. The minimum absolute atomic E-state index is 0.343. The van der Waals surface area contributed by atoms with Gasteiger partial charge in [0.25, 0.3) is 0 Å². The number of aliphatic hydroxyl groups is 1. The molecule has 212 valence electrons. The van der Waals surface area contributed by atoms with Crippen molar-refractivity contribution < 1.29 is 38.9 Å². The Morgan fingerprint density at radius 3 is 2.27 bits per heavy atom. The van der Waals surface area contributed by atoms with Crippen molar-refractivity contribution >= 4 is 23.8 Å². The van der Waals surface area contributed by atoms with E-state index in [1.165, 1.54) is 31.1 Å². The third-order valence-electron chi connectivity index (χ3n) is 7.19. The van der Waals surface area contributed by atoms with E-state index in [9.17, 15) is 24.3 Å². The first-order valence-electron chi connectivity index (χ1n) is 13.7. The number of carbonyl (C=O) groups is 4. The van der Waals surface area contributed by atoms with Crippen molar-refractivity contribution in [2.24, 2.45) is 11.8 Å². The summed E-state index contributed by atoms with van der Waals surface area (Å²) in [6.45, 7) is 10.7. The first-order valence-corrected chi connectivity index (χ1v) is 13.7. The lowest BCUT2D eigenvalue weighted by molar-refractivity contribution is -0.181. The average Bonchev–Trinajstić information content (AvgIpc) is 3.37. The predicted molar refractivity (Wildman–Crippen MR) is 140 cm³/mol. The standard InChI is InChI=1S/C28H47NO8/c1-7-9-10-11-12-13-15-19(4)23(30)20(5)25(31)29-17-14-16-22(29)27(34)37-24(18(3)8-2)28(35)36-21(6)26(32)33/h15,18,20-24,30H,7-14,16-17H2,1-6H3,(H,32,33)/b19-15+/t18-,20+,21-,22-,23?,24+/m0/s1. The van der Waals surface area contributed by atoms with Gasteiger partial charge >= 0.3 is 17.9 Å². The smallest absolute Gasteiger partial charge is 0.348 e. The van der Waals surface area contributed by atoms with Crippen LogP contribution >= 0.6 is 0 Å². The molecule has 1 unspecified atom stereocenters. The largest absolute Gasteiger partial charge is 0.479 e. The first-order chi connectivity index (χ1) is 17.5. The van der Waals surface area contributed by atoms with E-state index in [4.69, 9.17) is 14.6 Å². The van der Waals surface area contributed by atoms with E-state index in [1.807, 2.05) is 19.9 Å². The van der Waals surface area contributed by atoms with Crippen LogP contribution in [0.3, 0.4) is 0 Å². The Morgan fingerprint density at radius 1 is 1.03 bits per heavy atom. The summed E-state index contributed by atoms with van der Waals surface area (Å²) < 4.78 is 10.5. The van der Waals surface area contributed by atoms with Gasteiger partial charge in [0.1, 0.15) is 6.04 Å². The number of hydrogen-bond acceptors (Lipinski definition) is 7. The van der Waals surface area contributed by atoms with Crippen LogP contribution in [0.25, 0.3) is 0 Å². The van der Waals surface area contributed by atoms with Gasteiger partial charge < -0.3 is 24.6 Å². The first kappa shape index (κ1) is 32.6. The molecule has 1 aliphatic rings. The Labute approximate surface area is 221 Å². The van der Waals surface area contributed by atoms with Crippen LogP contribution in [0.4, 0.5) is 0 Å². The zero-order valence-corrected chi connectivity index (χ0v) is 23.4. The second kappa shape index (κ2) is 16.4. The lowest BCUT2D eigenvalue weighted by Crippen LogP contribution is -2.48. The van der Waals surface area contributed by atoms with E-state index in [-0.39, 0.29) is 5.91 Å². The highest BCUT2D eigenvalue weighted by Gasteiger charge is 2.41. The number of rotatable bonds is 16. The minimum atomic E-state index is -1.38. The van der Waals surface area contributed by atoms with Crippen LogP contribution in [-0.2, 0) is 28.7 Å². The molecule has 6 atom stereocenters. The number of carbonyl (C=O) groups excluding carboxylic acids is 3. The molecule has 0 bridgehead atoms. The molecule has 1 amide bonds. The highest BCUT2D eigenvalue weighted by molar-refractivity contribution is 5.88. The van der Waals surface area contributed by atoms with Crippen molar-refractivity contribution in [3.8, 4) is 0 Å². The van der Waals surface area contributed by atoms with Crippen LogP contribution in [0.5, 0.6) is 0 Å². The summed E-state index contributed by atoms with van der Waals surface area (Å²) >= 11 is 0. The van der Waals surface area contributed by atoms with Gasteiger partial charge in [0, 0.05) is 12.5 Å². The molecule has 1 heterocycles. The SMILES string of the molecule is CCCCCCC/C=C(\C)C(O)[C@@H](C)C(=O)N1CCC[C@H]1C(=O)O[C@@H](C(=O)O[C@@H](C)C(=O)O)[C@@H](C)CC. The molecule has 1 fully saturated rings. The Kier molecular flexibility index (Phi) is 14.5. The van der Waals surface area contributed by atoms with Crippen molar-refractivity contribution in [1.29, 1.82) is 0 Å². The summed E-state index contributed by atoms with van der Waals surface area (Å²) in [6.07, 6.45) is 6.47. The molecule has 0 saturated carbocycles. The lowest BCUT2D eigenvalue weighted by Gasteiger charge is -2.30. The van der Waals surface area contributed by atoms with Crippen LogP contribution in [0.2, 0.25) is 0 Å². The molecule has 2 N–H and O–H groups in total. The Morgan fingerprint density at radius 2 is 1.68 bits per heavy atom. The minimum Gasteiger partial charge on any atom is -0.479 e. The number of allylic oxidation sites excluding steroid dienone is 1. The zero-order valence-electron chi connectivity index (χ0n) is 23.4. The number of aliphatic carboxylic acids is 1. The molecule has 0 spiro atoms. The van der Waals surface area contributed by atoms with Gasteiger partial charge in [-0.1, -0.05) is 59.5 Å². The van der Waals surface area contributed by atoms with E-state index >= 15 is 0 Å². The summed E-state index contributed by atoms with van der Waals surface area (Å²) in [4.78, 5) is 51.4. The van der Waals surface area contributed by atoms with Crippen LogP contribution in [-0.4, -0.2) is 69.8 Å². The fraction of sp³-hybridized carbons (Fsp3) is 0.786. The number of nitrogens with zero attached hydrogens (tertiary/aromatic N) is 1. The number of hydrogen-bond donors (Lipinski definition) is 2. The summed E-state index contributed by atoms with van der Waals surface area (Å²) in [7, 11) is 0. The molecule has 0 aliphatic carbocycles. The Balaban J connectivity index is 2.83. The molecule has 1 aliphatic heterocycles. The normalized spacial score (nSPS) is 20.0. The molecule has 0 aromatic carbocycles. The molecule has 0 aromatic heterocycles. The van der Waals surface area contributed by atoms with Crippen molar-refractivity contribution in [3.05, 3.63) is 11.6 Å². The van der Waals surface area contributed by atoms with Gasteiger partial charge in [0.15, 0.2) is 6.10 Å². The molecule has 9 heteroatoms. The van der Waals surface area contributed by atoms with E-state index in [2.05, 4.69) is 6.92 Å². The average molecular weight is 526 g/mol.